The standard InChI is InChI=1S/C13H16ClN3O2/c1-16-5-2-6-17(8-12(16)18)13(19)10-7-9(15)3-4-11(10)14/h3-4,7H,2,5-6,8,15H2,1H3. The minimum atomic E-state index is -0.249. The average molecular weight is 282 g/mol. The molecular formula is C13H16ClN3O2. The minimum absolute atomic E-state index is 0.0640. The van der Waals surface area contributed by atoms with E-state index in [9.17, 15) is 9.59 Å². The second kappa shape index (κ2) is 5.48. The molecule has 0 atom stereocenters. The summed E-state index contributed by atoms with van der Waals surface area (Å²) in [4.78, 5) is 27.3. The number of hydrogen-bond acceptors (Lipinski definition) is 3. The monoisotopic (exact) mass is 281 g/mol. The first kappa shape index (κ1) is 13.7. The summed E-state index contributed by atoms with van der Waals surface area (Å²) in [6.07, 6.45) is 0.758. The molecule has 2 rings (SSSR count). The molecule has 1 aliphatic rings. The molecule has 2 amide bonds. The number of rotatable bonds is 1. The number of nitrogen functional groups attached to an aromatic ring is 1. The zero-order chi connectivity index (χ0) is 14.0. The fraction of sp³-hybridized carbons (Fsp3) is 0.385. The van der Waals surface area contributed by atoms with Crippen molar-refractivity contribution in [3.63, 3.8) is 0 Å². The van der Waals surface area contributed by atoms with Crippen molar-refractivity contribution in [3.05, 3.63) is 28.8 Å². The number of amides is 2. The van der Waals surface area contributed by atoms with Crippen LogP contribution in [0.5, 0.6) is 0 Å². The van der Waals surface area contributed by atoms with E-state index in [1.807, 2.05) is 0 Å². The highest BCUT2D eigenvalue weighted by Crippen LogP contribution is 2.21. The Labute approximate surface area is 116 Å². The predicted octanol–water partition coefficient (Wildman–Crippen LogP) is 1.23. The molecule has 1 fully saturated rings. The summed E-state index contributed by atoms with van der Waals surface area (Å²) in [6, 6.07) is 4.78. The van der Waals surface area contributed by atoms with Gasteiger partial charge in [-0.3, -0.25) is 9.59 Å². The Balaban J connectivity index is 2.23. The Hall–Kier alpha value is -1.75. The first-order valence-electron chi connectivity index (χ1n) is 6.07. The van der Waals surface area contributed by atoms with Crippen LogP contribution in [0.4, 0.5) is 5.69 Å². The maximum absolute atomic E-state index is 12.4. The first-order chi connectivity index (χ1) is 8.99. The number of anilines is 1. The van der Waals surface area contributed by atoms with E-state index in [0.717, 1.165) is 6.42 Å². The molecule has 0 saturated carbocycles. The summed E-state index contributed by atoms with van der Waals surface area (Å²) in [5, 5.41) is 0.351. The molecule has 1 aromatic rings. The van der Waals surface area contributed by atoms with Crippen LogP contribution in [-0.2, 0) is 4.79 Å². The van der Waals surface area contributed by atoms with Gasteiger partial charge in [0, 0.05) is 25.8 Å². The summed E-state index contributed by atoms with van der Waals surface area (Å²) in [5.74, 6) is -0.313. The number of nitrogens with two attached hydrogens (primary N) is 1. The molecule has 0 aliphatic carbocycles. The van der Waals surface area contributed by atoms with Gasteiger partial charge in [0.05, 0.1) is 10.6 Å². The molecule has 0 radical (unpaired) electrons. The van der Waals surface area contributed by atoms with Crippen molar-refractivity contribution in [3.8, 4) is 0 Å². The van der Waals surface area contributed by atoms with Crippen molar-refractivity contribution < 1.29 is 9.59 Å². The second-order valence-electron chi connectivity index (χ2n) is 4.63. The molecule has 0 unspecified atom stereocenters. The van der Waals surface area contributed by atoms with E-state index >= 15 is 0 Å². The van der Waals surface area contributed by atoms with E-state index in [2.05, 4.69) is 0 Å². The lowest BCUT2D eigenvalue weighted by molar-refractivity contribution is -0.129. The van der Waals surface area contributed by atoms with E-state index in [0.29, 0.717) is 29.4 Å². The average Bonchev–Trinajstić information content (AvgIpc) is 2.54. The van der Waals surface area contributed by atoms with Crippen molar-refractivity contribution in [2.24, 2.45) is 0 Å². The summed E-state index contributed by atoms with van der Waals surface area (Å²) in [6.45, 7) is 1.29. The lowest BCUT2D eigenvalue weighted by atomic mass is 10.1. The molecule has 1 aromatic carbocycles. The van der Waals surface area contributed by atoms with Gasteiger partial charge < -0.3 is 15.5 Å². The number of benzene rings is 1. The largest absolute Gasteiger partial charge is 0.399 e. The van der Waals surface area contributed by atoms with Gasteiger partial charge in [0.15, 0.2) is 0 Å². The molecule has 19 heavy (non-hydrogen) atoms. The van der Waals surface area contributed by atoms with Crippen LogP contribution in [-0.4, -0.2) is 48.3 Å². The van der Waals surface area contributed by atoms with Crippen LogP contribution in [0.25, 0.3) is 0 Å². The zero-order valence-electron chi connectivity index (χ0n) is 10.7. The lowest BCUT2D eigenvalue weighted by Gasteiger charge is -2.20. The van der Waals surface area contributed by atoms with Gasteiger partial charge in [-0.1, -0.05) is 11.6 Å². The van der Waals surface area contributed by atoms with E-state index in [1.54, 1.807) is 30.1 Å². The second-order valence-corrected chi connectivity index (χ2v) is 5.04. The molecule has 6 heteroatoms. The van der Waals surface area contributed by atoms with Crippen LogP contribution >= 0.6 is 11.6 Å². The van der Waals surface area contributed by atoms with Crippen LogP contribution in [0.2, 0.25) is 5.02 Å². The van der Waals surface area contributed by atoms with Gasteiger partial charge in [-0.15, -0.1) is 0 Å². The topological polar surface area (TPSA) is 66.6 Å². The predicted molar refractivity (Wildman–Crippen MR) is 74.0 cm³/mol. The highest BCUT2D eigenvalue weighted by atomic mass is 35.5. The molecule has 2 N–H and O–H groups in total. The molecular weight excluding hydrogens is 266 g/mol. The van der Waals surface area contributed by atoms with Gasteiger partial charge in [0.1, 0.15) is 6.54 Å². The molecule has 102 valence electrons. The van der Waals surface area contributed by atoms with Gasteiger partial charge in [0.25, 0.3) is 5.91 Å². The number of hydrogen-bond donors (Lipinski definition) is 1. The number of carbonyl (C=O) groups excluding carboxylic acids is 2. The third kappa shape index (κ3) is 2.98. The third-order valence-corrected chi connectivity index (χ3v) is 3.51. The lowest BCUT2D eigenvalue weighted by Crippen LogP contribution is -2.38. The van der Waals surface area contributed by atoms with Crippen molar-refractivity contribution in [1.29, 1.82) is 0 Å². The van der Waals surface area contributed by atoms with Crippen molar-refractivity contribution >= 4 is 29.1 Å². The van der Waals surface area contributed by atoms with E-state index in [1.165, 1.54) is 4.90 Å². The van der Waals surface area contributed by atoms with Gasteiger partial charge in [-0.25, -0.2) is 0 Å². The molecule has 1 saturated heterocycles. The maximum atomic E-state index is 12.4. The smallest absolute Gasteiger partial charge is 0.255 e. The fourth-order valence-electron chi connectivity index (χ4n) is 2.04. The normalized spacial score (nSPS) is 16.4. The molecule has 1 aliphatic heterocycles. The van der Waals surface area contributed by atoms with Gasteiger partial charge in [-0.05, 0) is 24.6 Å². The van der Waals surface area contributed by atoms with Crippen LogP contribution in [0, 0.1) is 0 Å². The van der Waals surface area contributed by atoms with Gasteiger partial charge in [0.2, 0.25) is 5.91 Å². The van der Waals surface area contributed by atoms with Crippen molar-refractivity contribution in [2.75, 3.05) is 32.4 Å². The number of nitrogens with zero attached hydrogens (tertiary/aromatic N) is 2. The Morgan fingerprint density at radius 3 is 2.84 bits per heavy atom. The van der Waals surface area contributed by atoms with E-state index < -0.39 is 0 Å². The van der Waals surface area contributed by atoms with E-state index in [4.69, 9.17) is 17.3 Å². The quantitative estimate of drug-likeness (QED) is 0.787. The van der Waals surface area contributed by atoms with Crippen LogP contribution in [0.3, 0.4) is 0 Å². The maximum Gasteiger partial charge on any atom is 0.255 e. The molecule has 5 nitrogen and oxygen atoms in total. The Morgan fingerprint density at radius 1 is 1.37 bits per heavy atom. The SMILES string of the molecule is CN1CCCN(C(=O)c2cc(N)ccc2Cl)CC1=O. The Kier molecular flexibility index (Phi) is 3.95. The number of halogens is 1. The molecule has 0 bridgehead atoms. The number of carbonyl (C=O) groups is 2. The molecule has 1 heterocycles. The summed E-state index contributed by atoms with van der Waals surface area (Å²) >= 11 is 6.02. The highest BCUT2D eigenvalue weighted by Gasteiger charge is 2.25. The van der Waals surface area contributed by atoms with Crippen molar-refractivity contribution in [1.82, 2.24) is 9.80 Å². The summed E-state index contributed by atoms with van der Waals surface area (Å²) in [5.41, 5.74) is 6.49. The van der Waals surface area contributed by atoms with E-state index in [-0.39, 0.29) is 18.4 Å². The van der Waals surface area contributed by atoms with Crippen LogP contribution < -0.4 is 5.73 Å². The molecule has 0 aromatic heterocycles. The zero-order valence-corrected chi connectivity index (χ0v) is 11.5. The number of likely N-dealkylation sites (N-methyl/N-ethyl adjacent to an activating group) is 1. The molecule has 0 spiro atoms. The van der Waals surface area contributed by atoms with Crippen LogP contribution in [0.1, 0.15) is 16.8 Å². The van der Waals surface area contributed by atoms with Gasteiger partial charge in [-0.2, -0.15) is 0 Å². The Morgan fingerprint density at radius 2 is 2.11 bits per heavy atom. The first-order valence-corrected chi connectivity index (χ1v) is 6.45. The minimum Gasteiger partial charge on any atom is -0.399 e. The van der Waals surface area contributed by atoms with Crippen LogP contribution in [0.15, 0.2) is 18.2 Å². The highest BCUT2D eigenvalue weighted by molar-refractivity contribution is 6.34. The van der Waals surface area contributed by atoms with Crippen molar-refractivity contribution in [2.45, 2.75) is 6.42 Å². The third-order valence-electron chi connectivity index (χ3n) is 3.18. The van der Waals surface area contributed by atoms with Gasteiger partial charge >= 0.3 is 0 Å². The fourth-order valence-corrected chi connectivity index (χ4v) is 2.24. The summed E-state index contributed by atoms with van der Waals surface area (Å²) in [7, 11) is 1.74. The summed E-state index contributed by atoms with van der Waals surface area (Å²) < 4.78 is 0. The Bertz CT molecular complexity index is 519.